The highest BCUT2D eigenvalue weighted by atomic mass is 32.1. The highest BCUT2D eigenvalue weighted by molar-refractivity contribution is 7.14. The molecule has 0 saturated heterocycles. The normalized spacial score (nSPS) is 10.1. The Bertz CT molecular complexity index is 634. The molecule has 0 fully saturated rings. The second-order valence-electron chi connectivity index (χ2n) is 4.34. The van der Waals surface area contributed by atoms with Crippen molar-refractivity contribution < 1.29 is 9.59 Å². The molecule has 1 aromatic heterocycles. The van der Waals surface area contributed by atoms with Crippen LogP contribution in [0.25, 0.3) is 0 Å². The van der Waals surface area contributed by atoms with Gasteiger partial charge in [-0.2, -0.15) is 0 Å². The molecule has 0 spiro atoms. The summed E-state index contributed by atoms with van der Waals surface area (Å²) in [6, 6.07) is 10.9. The first-order valence-corrected chi connectivity index (χ1v) is 7.18. The zero-order chi connectivity index (χ0) is 14.5. The summed E-state index contributed by atoms with van der Waals surface area (Å²) < 4.78 is 0. The van der Waals surface area contributed by atoms with Crippen LogP contribution in [0.1, 0.15) is 37.4 Å². The average molecular weight is 288 g/mol. The van der Waals surface area contributed by atoms with Gasteiger partial charge in [-0.1, -0.05) is 25.1 Å². The number of hydrogen-bond donors (Lipinski definition) is 2. The van der Waals surface area contributed by atoms with E-state index in [1.807, 2.05) is 32.0 Å². The van der Waals surface area contributed by atoms with Crippen LogP contribution in [0.3, 0.4) is 0 Å². The zero-order valence-electron chi connectivity index (χ0n) is 11.4. The van der Waals surface area contributed by atoms with Crippen LogP contribution in [-0.2, 0) is 6.42 Å². The van der Waals surface area contributed by atoms with Crippen molar-refractivity contribution in [2.75, 3.05) is 0 Å². The number of thiophene rings is 1. The van der Waals surface area contributed by atoms with Crippen molar-refractivity contribution in [1.82, 2.24) is 10.9 Å². The van der Waals surface area contributed by atoms with Crippen LogP contribution < -0.4 is 10.9 Å². The molecule has 0 saturated carbocycles. The number of nitrogens with one attached hydrogen (secondary N) is 2. The van der Waals surface area contributed by atoms with E-state index >= 15 is 0 Å². The quantitative estimate of drug-likeness (QED) is 0.853. The van der Waals surface area contributed by atoms with E-state index in [0.29, 0.717) is 10.4 Å². The van der Waals surface area contributed by atoms with Crippen molar-refractivity contribution in [2.45, 2.75) is 20.3 Å². The van der Waals surface area contributed by atoms with E-state index in [1.54, 1.807) is 18.2 Å². The molecule has 0 aliphatic heterocycles. The zero-order valence-corrected chi connectivity index (χ0v) is 12.2. The van der Waals surface area contributed by atoms with E-state index in [-0.39, 0.29) is 11.8 Å². The molecule has 1 heterocycles. The fraction of sp³-hybridized carbons (Fsp3) is 0.200. The van der Waals surface area contributed by atoms with Gasteiger partial charge in [-0.15, -0.1) is 11.3 Å². The van der Waals surface area contributed by atoms with Crippen LogP contribution in [0, 0.1) is 6.92 Å². The van der Waals surface area contributed by atoms with Crippen LogP contribution in [0.2, 0.25) is 0 Å². The van der Waals surface area contributed by atoms with Crippen LogP contribution in [0.15, 0.2) is 36.4 Å². The molecule has 0 radical (unpaired) electrons. The van der Waals surface area contributed by atoms with Gasteiger partial charge >= 0.3 is 0 Å². The van der Waals surface area contributed by atoms with Crippen LogP contribution in [0.4, 0.5) is 0 Å². The van der Waals surface area contributed by atoms with Gasteiger partial charge in [-0.25, -0.2) is 0 Å². The number of amides is 2. The number of carbonyl (C=O) groups excluding carboxylic acids is 2. The van der Waals surface area contributed by atoms with E-state index in [2.05, 4.69) is 10.9 Å². The van der Waals surface area contributed by atoms with Gasteiger partial charge in [0.05, 0.1) is 4.88 Å². The van der Waals surface area contributed by atoms with Gasteiger partial charge in [0, 0.05) is 10.4 Å². The Labute approximate surface area is 121 Å². The van der Waals surface area contributed by atoms with Crippen molar-refractivity contribution in [3.8, 4) is 0 Å². The second kappa shape index (κ2) is 6.34. The van der Waals surface area contributed by atoms with Gasteiger partial charge < -0.3 is 0 Å². The van der Waals surface area contributed by atoms with Crippen LogP contribution in [-0.4, -0.2) is 11.8 Å². The van der Waals surface area contributed by atoms with Gasteiger partial charge in [-0.3, -0.25) is 20.4 Å². The van der Waals surface area contributed by atoms with Crippen molar-refractivity contribution >= 4 is 23.2 Å². The van der Waals surface area contributed by atoms with Gasteiger partial charge in [0.15, 0.2) is 0 Å². The topological polar surface area (TPSA) is 58.2 Å². The molecule has 2 amide bonds. The number of aryl methyl sites for hydroxylation is 2. The summed E-state index contributed by atoms with van der Waals surface area (Å²) in [7, 11) is 0. The average Bonchev–Trinajstić information content (AvgIpc) is 2.94. The minimum absolute atomic E-state index is 0.295. The van der Waals surface area contributed by atoms with Gasteiger partial charge in [0.2, 0.25) is 0 Å². The molecule has 5 heteroatoms. The minimum atomic E-state index is -0.316. The highest BCUT2D eigenvalue weighted by Crippen LogP contribution is 2.16. The number of benzene rings is 1. The van der Waals surface area contributed by atoms with Crippen molar-refractivity contribution in [2.24, 2.45) is 0 Å². The summed E-state index contributed by atoms with van der Waals surface area (Å²) in [4.78, 5) is 25.5. The molecule has 4 nitrogen and oxygen atoms in total. The molecule has 0 aliphatic carbocycles. The number of hydrazine groups is 1. The summed E-state index contributed by atoms with van der Waals surface area (Å²) in [6.45, 7) is 3.89. The predicted octanol–water partition coefficient (Wildman–Crippen LogP) is 2.69. The number of rotatable bonds is 3. The Morgan fingerprint density at radius 1 is 1.05 bits per heavy atom. The lowest BCUT2D eigenvalue weighted by molar-refractivity contribution is 0.0848. The van der Waals surface area contributed by atoms with Crippen molar-refractivity contribution in [1.29, 1.82) is 0 Å². The summed E-state index contributed by atoms with van der Waals surface area (Å²) in [5.41, 5.74) is 6.28. The Morgan fingerprint density at radius 3 is 2.40 bits per heavy atom. The fourth-order valence-corrected chi connectivity index (χ4v) is 2.60. The SMILES string of the molecule is CCc1ccc(C(=O)NNC(=O)c2ccccc2C)s1. The molecule has 104 valence electrons. The number of carbonyl (C=O) groups is 2. The van der Waals surface area contributed by atoms with Crippen molar-refractivity contribution in [3.05, 3.63) is 57.3 Å². The Balaban J connectivity index is 1.97. The maximum absolute atomic E-state index is 11.9. The molecule has 20 heavy (non-hydrogen) atoms. The Kier molecular flexibility index (Phi) is 4.53. The maximum atomic E-state index is 11.9. The number of hydrogen-bond acceptors (Lipinski definition) is 3. The van der Waals surface area contributed by atoms with Crippen molar-refractivity contribution in [3.63, 3.8) is 0 Å². The molecule has 2 N–H and O–H groups in total. The third-order valence-corrected chi connectivity index (χ3v) is 4.14. The highest BCUT2D eigenvalue weighted by Gasteiger charge is 2.12. The van der Waals surface area contributed by atoms with Gasteiger partial charge in [0.25, 0.3) is 11.8 Å². The first kappa shape index (κ1) is 14.3. The minimum Gasteiger partial charge on any atom is -0.267 e. The maximum Gasteiger partial charge on any atom is 0.279 e. The van der Waals surface area contributed by atoms with E-state index in [0.717, 1.165) is 16.9 Å². The first-order valence-electron chi connectivity index (χ1n) is 6.37. The van der Waals surface area contributed by atoms with E-state index in [4.69, 9.17) is 0 Å². The molecular weight excluding hydrogens is 272 g/mol. The molecule has 0 unspecified atom stereocenters. The summed E-state index contributed by atoms with van der Waals surface area (Å²) in [5.74, 6) is -0.611. The largest absolute Gasteiger partial charge is 0.279 e. The van der Waals surface area contributed by atoms with Gasteiger partial charge in [-0.05, 0) is 37.1 Å². The van der Waals surface area contributed by atoms with Gasteiger partial charge in [0.1, 0.15) is 0 Å². The molecule has 0 bridgehead atoms. The first-order chi connectivity index (χ1) is 9.61. The summed E-state index contributed by atoms with van der Waals surface area (Å²) in [6.07, 6.45) is 0.896. The smallest absolute Gasteiger partial charge is 0.267 e. The lowest BCUT2D eigenvalue weighted by Gasteiger charge is -2.08. The third kappa shape index (κ3) is 3.24. The molecule has 0 atom stereocenters. The molecule has 1 aromatic carbocycles. The molecule has 0 aliphatic rings. The second-order valence-corrected chi connectivity index (χ2v) is 5.51. The lowest BCUT2D eigenvalue weighted by Crippen LogP contribution is -2.41. The Hall–Kier alpha value is -2.14. The third-order valence-electron chi connectivity index (χ3n) is 2.91. The monoisotopic (exact) mass is 288 g/mol. The van der Waals surface area contributed by atoms with Crippen LogP contribution >= 0.6 is 11.3 Å². The summed E-state index contributed by atoms with van der Waals surface area (Å²) in [5, 5.41) is 0. The Morgan fingerprint density at radius 2 is 1.75 bits per heavy atom. The fourth-order valence-electron chi connectivity index (χ4n) is 1.76. The van der Waals surface area contributed by atoms with E-state index < -0.39 is 0 Å². The predicted molar refractivity (Wildman–Crippen MR) is 79.8 cm³/mol. The summed E-state index contributed by atoms with van der Waals surface area (Å²) >= 11 is 1.43. The molecule has 2 aromatic rings. The van der Waals surface area contributed by atoms with E-state index in [1.165, 1.54) is 11.3 Å². The standard InChI is InChI=1S/C15H16N2O2S/c1-3-11-8-9-13(20-11)15(19)17-16-14(18)12-7-5-4-6-10(12)2/h4-9H,3H2,1-2H3,(H,16,18)(H,17,19). The lowest BCUT2D eigenvalue weighted by atomic mass is 10.1. The molecule has 2 rings (SSSR count). The molecular formula is C15H16N2O2S. The van der Waals surface area contributed by atoms with Crippen LogP contribution in [0.5, 0.6) is 0 Å². The van der Waals surface area contributed by atoms with E-state index in [9.17, 15) is 9.59 Å².